The number of phosphoric ester groups is 1. The van der Waals surface area contributed by atoms with Crippen molar-refractivity contribution in [3.05, 3.63) is 146 Å². The SMILES string of the molecule is CC/C=C\C/C=C\C/C=C\C/C=C\C/C=C\C/C=C\C/C=C\CCCCCCCCCCCCCCCC(=O)OC(COC(=O)CCCCCCCCCCCCC/C=C\C/C=C\C/C=C\C/C=C\C/C=C\CC)COP(=O)(O)OCCN. The van der Waals surface area contributed by atoms with E-state index in [1.807, 2.05) is 0 Å². The minimum absolute atomic E-state index is 0.0467. The van der Waals surface area contributed by atoms with E-state index in [1.165, 1.54) is 109 Å². The standard InChI is InChI=1S/C73H122NO8P/c1-3-5-7-9-11-13-15-17-19-21-23-25-27-29-31-32-33-34-35-36-37-38-40-42-44-46-48-50-52-54-56-58-60-62-64-66-73(76)82-71(70-81-83(77,78)80-68-67-74)69-79-72(75)65-63-61-59-57-55-53-51-49-47-45-43-41-39-30-28-26-24-22-20-18-16-14-12-10-8-6-4-2/h5-8,11-14,17-20,23-26,29-31,33-34,36-37,39,71H,3-4,9-10,15-16,21-22,27-28,32,35,38,40-70,74H2,1-2H3,(H,77,78)/b7-5-,8-6-,13-11-,14-12-,19-17-,20-18-,25-23-,26-24-,31-29-,34-33-,37-36-,39-30-. The van der Waals surface area contributed by atoms with Gasteiger partial charge in [-0.3, -0.25) is 18.6 Å². The van der Waals surface area contributed by atoms with Crippen molar-refractivity contribution in [2.24, 2.45) is 5.73 Å². The highest BCUT2D eigenvalue weighted by atomic mass is 31.2. The second kappa shape index (κ2) is 67.0. The summed E-state index contributed by atoms with van der Waals surface area (Å²) in [5, 5.41) is 0. The number of esters is 2. The smallest absolute Gasteiger partial charge is 0.462 e. The van der Waals surface area contributed by atoms with Gasteiger partial charge in [0.15, 0.2) is 6.10 Å². The number of ether oxygens (including phenoxy) is 2. The summed E-state index contributed by atoms with van der Waals surface area (Å²) in [5.41, 5.74) is 5.40. The normalized spacial score (nSPS) is 13.9. The van der Waals surface area contributed by atoms with Gasteiger partial charge in [-0.1, -0.05) is 288 Å². The number of nitrogens with two attached hydrogens (primary N) is 1. The van der Waals surface area contributed by atoms with Crippen molar-refractivity contribution in [3.63, 3.8) is 0 Å². The molecule has 0 aromatic heterocycles. The van der Waals surface area contributed by atoms with E-state index in [0.29, 0.717) is 6.42 Å². The molecule has 0 aromatic carbocycles. The van der Waals surface area contributed by atoms with Gasteiger partial charge in [-0.05, 0) is 116 Å². The largest absolute Gasteiger partial charge is 0.472 e. The molecule has 9 nitrogen and oxygen atoms in total. The Balaban J connectivity index is 3.95. The predicted octanol–water partition coefficient (Wildman–Crippen LogP) is 21.9. The van der Waals surface area contributed by atoms with Crippen LogP contribution in [0, 0.1) is 0 Å². The number of carbonyl (C=O) groups excluding carboxylic acids is 2. The molecule has 83 heavy (non-hydrogen) atoms. The molecule has 0 radical (unpaired) electrons. The van der Waals surface area contributed by atoms with Crippen molar-refractivity contribution in [2.75, 3.05) is 26.4 Å². The van der Waals surface area contributed by atoms with Crippen LogP contribution in [0.2, 0.25) is 0 Å². The van der Waals surface area contributed by atoms with E-state index in [9.17, 15) is 19.0 Å². The summed E-state index contributed by atoms with van der Waals surface area (Å²) in [4.78, 5) is 35.3. The van der Waals surface area contributed by atoms with Crippen LogP contribution in [-0.2, 0) is 32.7 Å². The Labute approximate surface area is 509 Å². The van der Waals surface area contributed by atoms with Crippen LogP contribution < -0.4 is 5.73 Å². The summed E-state index contributed by atoms with van der Waals surface area (Å²) < 4.78 is 33.2. The monoisotopic (exact) mass is 1170 g/mol. The minimum atomic E-state index is -4.40. The third kappa shape index (κ3) is 66.9. The molecule has 0 saturated carbocycles. The Morgan fingerprint density at radius 3 is 0.928 bits per heavy atom. The number of allylic oxidation sites excluding steroid dienone is 24. The van der Waals surface area contributed by atoms with Crippen LogP contribution in [0.25, 0.3) is 0 Å². The molecular formula is C73H122NO8P. The van der Waals surface area contributed by atoms with Crippen molar-refractivity contribution in [3.8, 4) is 0 Å². The lowest BCUT2D eigenvalue weighted by molar-refractivity contribution is -0.161. The van der Waals surface area contributed by atoms with Crippen LogP contribution in [0.5, 0.6) is 0 Å². The van der Waals surface area contributed by atoms with Gasteiger partial charge in [-0.25, -0.2) is 4.57 Å². The van der Waals surface area contributed by atoms with Crippen LogP contribution in [0.15, 0.2) is 146 Å². The Morgan fingerprint density at radius 2 is 0.627 bits per heavy atom. The zero-order valence-electron chi connectivity index (χ0n) is 52.9. The average Bonchev–Trinajstić information content (AvgIpc) is 3.48. The molecule has 472 valence electrons. The highest BCUT2D eigenvalue weighted by molar-refractivity contribution is 7.47. The van der Waals surface area contributed by atoms with Crippen LogP contribution in [0.4, 0.5) is 0 Å². The lowest BCUT2D eigenvalue weighted by Gasteiger charge is -2.19. The van der Waals surface area contributed by atoms with Gasteiger partial charge in [-0.15, -0.1) is 0 Å². The molecule has 0 heterocycles. The molecule has 10 heteroatoms. The quantitative estimate of drug-likeness (QED) is 0.0264. The van der Waals surface area contributed by atoms with Gasteiger partial charge in [0.2, 0.25) is 0 Å². The maximum atomic E-state index is 12.8. The van der Waals surface area contributed by atoms with Crippen LogP contribution >= 0.6 is 7.82 Å². The van der Waals surface area contributed by atoms with Crippen molar-refractivity contribution in [2.45, 2.75) is 277 Å². The molecule has 2 atom stereocenters. The topological polar surface area (TPSA) is 134 Å². The van der Waals surface area contributed by atoms with E-state index in [-0.39, 0.29) is 38.6 Å². The number of phosphoric acid groups is 1. The zero-order chi connectivity index (χ0) is 60.1. The van der Waals surface area contributed by atoms with Gasteiger partial charge < -0.3 is 20.1 Å². The second-order valence-electron chi connectivity index (χ2n) is 21.6. The van der Waals surface area contributed by atoms with Crippen LogP contribution in [0.1, 0.15) is 271 Å². The first-order valence-corrected chi connectivity index (χ1v) is 34.8. The Kier molecular flexibility index (Phi) is 63.7. The van der Waals surface area contributed by atoms with Gasteiger partial charge in [0.05, 0.1) is 13.2 Å². The first-order valence-electron chi connectivity index (χ1n) is 33.3. The lowest BCUT2D eigenvalue weighted by atomic mass is 10.0. The summed E-state index contributed by atoms with van der Waals surface area (Å²) in [6.45, 7) is 3.52. The third-order valence-corrected chi connectivity index (χ3v) is 14.7. The fourth-order valence-corrected chi connectivity index (χ4v) is 9.64. The lowest BCUT2D eigenvalue weighted by Crippen LogP contribution is -2.29. The summed E-state index contributed by atoms with van der Waals surface area (Å²) in [6, 6.07) is 0. The van der Waals surface area contributed by atoms with Crippen molar-refractivity contribution in [1.29, 1.82) is 0 Å². The van der Waals surface area contributed by atoms with E-state index in [4.69, 9.17) is 24.3 Å². The molecule has 3 N–H and O–H groups in total. The molecule has 0 fully saturated rings. The Morgan fingerprint density at radius 1 is 0.361 bits per heavy atom. The number of rotatable bonds is 61. The second-order valence-corrected chi connectivity index (χ2v) is 23.0. The number of carbonyl (C=O) groups is 2. The maximum absolute atomic E-state index is 12.8. The van der Waals surface area contributed by atoms with E-state index in [2.05, 4.69) is 160 Å². The van der Waals surface area contributed by atoms with Crippen LogP contribution in [-0.4, -0.2) is 49.3 Å². The molecule has 0 aliphatic heterocycles. The first-order chi connectivity index (χ1) is 40.8. The molecule has 0 rings (SSSR count). The Hall–Kier alpha value is -4.11. The van der Waals surface area contributed by atoms with Gasteiger partial charge >= 0.3 is 19.8 Å². The van der Waals surface area contributed by atoms with Gasteiger partial charge in [0.1, 0.15) is 6.61 Å². The molecule has 0 aromatic rings. The Bertz CT molecular complexity index is 1870. The van der Waals surface area contributed by atoms with E-state index in [0.717, 1.165) is 128 Å². The predicted molar refractivity (Wildman–Crippen MR) is 357 cm³/mol. The van der Waals surface area contributed by atoms with Crippen molar-refractivity contribution in [1.82, 2.24) is 0 Å². The molecule has 0 saturated heterocycles. The maximum Gasteiger partial charge on any atom is 0.472 e. The van der Waals surface area contributed by atoms with Crippen molar-refractivity contribution < 1.29 is 37.6 Å². The number of unbranched alkanes of at least 4 members (excludes halogenated alkanes) is 24. The van der Waals surface area contributed by atoms with Gasteiger partial charge in [-0.2, -0.15) is 0 Å². The average molecular weight is 1170 g/mol. The summed E-state index contributed by atoms with van der Waals surface area (Å²) in [6.07, 6.45) is 96.3. The minimum Gasteiger partial charge on any atom is -0.462 e. The number of hydrogen-bond acceptors (Lipinski definition) is 8. The molecule has 0 aliphatic rings. The summed E-state index contributed by atoms with van der Waals surface area (Å²) in [5.74, 6) is -0.835. The van der Waals surface area contributed by atoms with E-state index in [1.54, 1.807) is 0 Å². The van der Waals surface area contributed by atoms with Gasteiger partial charge in [0, 0.05) is 19.4 Å². The van der Waals surface area contributed by atoms with E-state index < -0.39 is 26.5 Å². The summed E-state index contributed by atoms with van der Waals surface area (Å²) >= 11 is 0. The fraction of sp³-hybridized carbons (Fsp3) is 0.644. The molecule has 0 amide bonds. The van der Waals surface area contributed by atoms with E-state index >= 15 is 0 Å². The third-order valence-electron chi connectivity index (χ3n) is 13.7. The molecule has 2 unspecified atom stereocenters. The van der Waals surface area contributed by atoms with Crippen LogP contribution in [0.3, 0.4) is 0 Å². The fourth-order valence-electron chi connectivity index (χ4n) is 8.88. The summed E-state index contributed by atoms with van der Waals surface area (Å²) in [7, 11) is -4.40. The van der Waals surface area contributed by atoms with Crippen molar-refractivity contribution >= 4 is 19.8 Å². The number of hydrogen-bond donors (Lipinski definition) is 2. The molecular weight excluding hydrogens is 1050 g/mol. The van der Waals surface area contributed by atoms with Gasteiger partial charge in [0.25, 0.3) is 0 Å². The zero-order valence-corrected chi connectivity index (χ0v) is 53.8. The highest BCUT2D eigenvalue weighted by Gasteiger charge is 2.26. The first kappa shape index (κ1) is 78.9. The molecule has 0 spiro atoms. The molecule has 0 aliphatic carbocycles. The molecule has 0 bridgehead atoms. The highest BCUT2D eigenvalue weighted by Crippen LogP contribution is 2.43.